The van der Waals surface area contributed by atoms with Crippen molar-refractivity contribution in [3.05, 3.63) is 41.6 Å². The minimum absolute atomic E-state index is 0.128. The SMILES string of the molecule is Nc1n[nH]nc1C(=O)NC1(c2ccccc2)CCCC1. The summed E-state index contributed by atoms with van der Waals surface area (Å²) in [5, 5.41) is 13.0. The van der Waals surface area contributed by atoms with E-state index in [2.05, 4.69) is 32.9 Å². The summed E-state index contributed by atoms with van der Waals surface area (Å²) in [7, 11) is 0. The molecular weight excluding hydrogens is 254 g/mol. The Kier molecular flexibility index (Phi) is 3.14. The van der Waals surface area contributed by atoms with Gasteiger partial charge in [-0.1, -0.05) is 43.2 Å². The van der Waals surface area contributed by atoms with Crippen molar-refractivity contribution in [3.8, 4) is 0 Å². The first kappa shape index (κ1) is 12.7. The van der Waals surface area contributed by atoms with Gasteiger partial charge in [0.2, 0.25) is 0 Å². The lowest BCUT2D eigenvalue weighted by Crippen LogP contribution is -2.44. The summed E-state index contributed by atoms with van der Waals surface area (Å²) in [6.45, 7) is 0. The van der Waals surface area contributed by atoms with Gasteiger partial charge >= 0.3 is 0 Å². The number of nitrogens with one attached hydrogen (secondary N) is 2. The number of aromatic amines is 1. The highest BCUT2D eigenvalue weighted by molar-refractivity contribution is 5.96. The molecule has 1 fully saturated rings. The Balaban J connectivity index is 1.89. The number of rotatable bonds is 3. The van der Waals surface area contributed by atoms with Gasteiger partial charge < -0.3 is 11.1 Å². The zero-order chi connectivity index (χ0) is 14.0. The first-order valence-electron chi connectivity index (χ1n) is 6.76. The van der Waals surface area contributed by atoms with Gasteiger partial charge in [0.15, 0.2) is 11.5 Å². The van der Waals surface area contributed by atoms with E-state index in [1.807, 2.05) is 18.2 Å². The first-order chi connectivity index (χ1) is 9.71. The fourth-order valence-electron chi connectivity index (χ4n) is 2.90. The summed E-state index contributed by atoms with van der Waals surface area (Å²) < 4.78 is 0. The van der Waals surface area contributed by atoms with Crippen LogP contribution >= 0.6 is 0 Å². The zero-order valence-corrected chi connectivity index (χ0v) is 11.1. The molecule has 2 aromatic rings. The summed E-state index contributed by atoms with van der Waals surface area (Å²) in [5.74, 6) is -0.147. The van der Waals surface area contributed by atoms with Crippen molar-refractivity contribution in [2.45, 2.75) is 31.2 Å². The third-order valence-corrected chi connectivity index (χ3v) is 3.93. The number of benzene rings is 1. The van der Waals surface area contributed by atoms with Gasteiger partial charge in [-0.05, 0) is 18.4 Å². The molecule has 1 aromatic heterocycles. The molecule has 104 valence electrons. The van der Waals surface area contributed by atoms with Crippen LogP contribution in [0.1, 0.15) is 41.7 Å². The van der Waals surface area contributed by atoms with Gasteiger partial charge in [0.25, 0.3) is 5.91 Å². The normalized spacial score (nSPS) is 17.0. The summed E-state index contributed by atoms with van der Waals surface area (Å²) in [6, 6.07) is 10.1. The van der Waals surface area contributed by atoms with E-state index in [9.17, 15) is 4.79 Å². The van der Waals surface area contributed by atoms with E-state index < -0.39 is 0 Å². The van der Waals surface area contributed by atoms with Crippen molar-refractivity contribution in [3.63, 3.8) is 0 Å². The molecule has 4 N–H and O–H groups in total. The van der Waals surface area contributed by atoms with E-state index in [0.29, 0.717) is 0 Å². The molecule has 1 aliphatic rings. The average molecular weight is 271 g/mol. The van der Waals surface area contributed by atoms with E-state index >= 15 is 0 Å². The second kappa shape index (κ2) is 4.96. The Bertz CT molecular complexity index is 601. The van der Waals surface area contributed by atoms with Crippen molar-refractivity contribution < 1.29 is 4.79 Å². The molecule has 0 unspecified atom stereocenters. The van der Waals surface area contributed by atoms with Crippen LogP contribution in [0.4, 0.5) is 5.82 Å². The Hall–Kier alpha value is -2.37. The Labute approximate surface area is 116 Å². The Morgan fingerprint density at radius 1 is 1.20 bits per heavy atom. The molecule has 0 aliphatic heterocycles. The monoisotopic (exact) mass is 271 g/mol. The number of H-pyrrole nitrogens is 1. The van der Waals surface area contributed by atoms with E-state index in [-0.39, 0.29) is 23.0 Å². The third-order valence-electron chi connectivity index (χ3n) is 3.93. The maximum absolute atomic E-state index is 12.3. The number of aromatic nitrogens is 3. The molecule has 20 heavy (non-hydrogen) atoms. The van der Waals surface area contributed by atoms with Crippen LogP contribution in [-0.4, -0.2) is 21.3 Å². The van der Waals surface area contributed by atoms with Crippen LogP contribution in [-0.2, 0) is 5.54 Å². The number of hydrogen-bond acceptors (Lipinski definition) is 4. The molecule has 3 rings (SSSR count). The molecule has 1 aliphatic carbocycles. The van der Waals surface area contributed by atoms with Crippen molar-refractivity contribution in [2.24, 2.45) is 0 Å². The van der Waals surface area contributed by atoms with Gasteiger partial charge in [-0.2, -0.15) is 5.21 Å². The number of anilines is 1. The third kappa shape index (κ3) is 2.13. The van der Waals surface area contributed by atoms with E-state index in [4.69, 9.17) is 5.73 Å². The molecule has 0 bridgehead atoms. The molecule has 1 amide bonds. The topological polar surface area (TPSA) is 96.7 Å². The molecule has 1 heterocycles. The number of nitrogens with zero attached hydrogens (tertiary/aromatic N) is 2. The first-order valence-corrected chi connectivity index (χ1v) is 6.76. The van der Waals surface area contributed by atoms with Gasteiger partial charge in [0, 0.05) is 0 Å². The van der Waals surface area contributed by atoms with Crippen LogP contribution in [0.3, 0.4) is 0 Å². The largest absolute Gasteiger partial charge is 0.380 e. The van der Waals surface area contributed by atoms with Gasteiger partial charge in [-0.3, -0.25) is 4.79 Å². The fourth-order valence-corrected chi connectivity index (χ4v) is 2.90. The van der Waals surface area contributed by atoms with Crippen molar-refractivity contribution in [2.75, 3.05) is 5.73 Å². The second-order valence-corrected chi connectivity index (χ2v) is 5.17. The molecule has 0 spiro atoms. The number of nitrogen functional groups attached to an aromatic ring is 1. The quantitative estimate of drug-likeness (QED) is 0.789. The number of carbonyl (C=O) groups is 1. The average Bonchev–Trinajstić information content (AvgIpc) is 3.09. The van der Waals surface area contributed by atoms with Crippen molar-refractivity contribution in [1.82, 2.24) is 20.7 Å². The summed E-state index contributed by atoms with van der Waals surface area (Å²) in [5.41, 5.74) is 6.61. The van der Waals surface area contributed by atoms with Gasteiger partial charge in [-0.15, -0.1) is 10.2 Å². The van der Waals surface area contributed by atoms with E-state index in [0.717, 1.165) is 31.2 Å². The number of carbonyl (C=O) groups excluding carboxylic acids is 1. The molecule has 6 heteroatoms. The lowest BCUT2D eigenvalue weighted by Gasteiger charge is -2.30. The molecule has 1 aromatic carbocycles. The second-order valence-electron chi connectivity index (χ2n) is 5.17. The zero-order valence-electron chi connectivity index (χ0n) is 11.1. The minimum Gasteiger partial charge on any atom is -0.380 e. The van der Waals surface area contributed by atoms with Gasteiger partial charge in [0.1, 0.15) is 0 Å². The highest BCUT2D eigenvalue weighted by Crippen LogP contribution is 2.38. The lowest BCUT2D eigenvalue weighted by atomic mass is 9.88. The molecule has 0 radical (unpaired) electrons. The molecule has 1 saturated carbocycles. The van der Waals surface area contributed by atoms with Crippen LogP contribution in [0.2, 0.25) is 0 Å². The minimum atomic E-state index is -0.316. The van der Waals surface area contributed by atoms with E-state index in [1.165, 1.54) is 0 Å². The molecular formula is C14H17N5O. The van der Waals surface area contributed by atoms with Crippen molar-refractivity contribution >= 4 is 11.7 Å². The number of nitrogens with two attached hydrogens (primary N) is 1. The smallest absolute Gasteiger partial charge is 0.276 e. The van der Waals surface area contributed by atoms with Crippen LogP contribution < -0.4 is 11.1 Å². The molecule has 6 nitrogen and oxygen atoms in total. The van der Waals surface area contributed by atoms with Crippen LogP contribution in [0, 0.1) is 0 Å². The maximum atomic E-state index is 12.3. The molecule has 0 atom stereocenters. The number of hydrogen-bond donors (Lipinski definition) is 3. The maximum Gasteiger partial charge on any atom is 0.276 e. The van der Waals surface area contributed by atoms with Crippen LogP contribution in [0.5, 0.6) is 0 Å². The molecule has 0 saturated heterocycles. The summed E-state index contributed by atoms with van der Waals surface area (Å²) in [6.07, 6.45) is 4.06. The summed E-state index contributed by atoms with van der Waals surface area (Å²) >= 11 is 0. The highest BCUT2D eigenvalue weighted by atomic mass is 16.2. The lowest BCUT2D eigenvalue weighted by molar-refractivity contribution is 0.0894. The Morgan fingerprint density at radius 2 is 1.90 bits per heavy atom. The van der Waals surface area contributed by atoms with Gasteiger partial charge in [-0.25, -0.2) is 0 Å². The fraction of sp³-hybridized carbons (Fsp3) is 0.357. The van der Waals surface area contributed by atoms with Crippen LogP contribution in [0.25, 0.3) is 0 Å². The van der Waals surface area contributed by atoms with Gasteiger partial charge in [0.05, 0.1) is 5.54 Å². The van der Waals surface area contributed by atoms with Crippen molar-refractivity contribution in [1.29, 1.82) is 0 Å². The highest BCUT2D eigenvalue weighted by Gasteiger charge is 2.37. The van der Waals surface area contributed by atoms with Crippen LogP contribution in [0.15, 0.2) is 30.3 Å². The summed E-state index contributed by atoms with van der Waals surface area (Å²) in [4.78, 5) is 12.3. The standard InChI is InChI=1S/C14H17N5O/c15-12-11(17-19-18-12)13(20)16-14(8-4-5-9-14)10-6-2-1-3-7-10/h1-3,6-7H,4-5,8-9H2,(H,16,20)(H3,15,17,18,19). The predicted molar refractivity (Wildman–Crippen MR) is 74.8 cm³/mol. The number of amides is 1. The Morgan fingerprint density at radius 3 is 2.50 bits per heavy atom. The van der Waals surface area contributed by atoms with E-state index in [1.54, 1.807) is 0 Å². The predicted octanol–water partition coefficient (Wildman–Crippen LogP) is 1.59.